The highest BCUT2D eigenvalue weighted by Crippen LogP contribution is 2.06. The molecule has 0 amide bonds. The van der Waals surface area contributed by atoms with E-state index in [9.17, 15) is 4.79 Å². The molecule has 2 N–H and O–H groups in total. The molecule has 4 heteroatoms. The quantitative estimate of drug-likeness (QED) is 0.457. The highest BCUT2D eigenvalue weighted by Gasteiger charge is 2.01. The van der Waals surface area contributed by atoms with E-state index in [0.29, 0.717) is 11.3 Å². The number of carbonyl (C=O) groups excluding carboxylic acids is 1. The number of ketones is 1. The van der Waals surface area contributed by atoms with Crippen LogP contribution in [0.15, 0.2) is 24.3 Å². The molecule has 0 bridgehead atoms. The summed E-state index contributed by atoms with van der Waals surface area (Å²) in [6.07, 6.45) is 0. The summed E-state index contributed by atoms with van der Waals surface area (Å²) in [6, 6.07) is 6.69. The minimum atomic E-state index is -0.0772. The summed E-state index contributed by atoms with van der Waals surface area (Å²) >= 11 is 5.35. The van der Waals surface area contributed by atoms with Crippen molar-refractivity contribution in [3.05, 3.63) is 29.8 Å². The van der Waals surface area contributed by atoms with Gasteiger partial charge >= 0.3 is 0 Å². The van der Waals surface area contributed by atoms with Crippen molar-refractivity contribution in [2.75, 3.05) is 11.6 Å². The SMILES string of the molecule is Cl.Nc1ccc(C(=O)CCl)cc1. The van der Waals surface area contributed by atoms with Crippen LogP contribution in [-0.4, -0.2) is 11.7 Å². The number of benzene rings is 1. The Balaban J connectivity index is 0.00000121. The summed E-state index contributed by atoms with van der Waals surface area (Å²) in [6.45, 7) is 0. The molecule has 0 aliphatic carbocycles. The Morgan fingerprint density at radius 3 is 2.25 bits per heavy atom. The van der Waals surface area contributed by atoms with Crippen LogP contribution in [0.2, 0.25) is 0 Å². The van der Waals surface area contributed by atoms with Crippen molar-refractivity contribution in [1.82, 2.24) is 0 Å². The number of halogens is 2. The number of rotatable bonds is 2. The molecule has 0 spiro atoms. The van der Waals surface area contributed by atoms with Gasteiger partial charge in [-0.25, -0.2) is 0 Å². The normalized spacial score (nSPS) is 8.75. The van der Waals surface area contributed by atoms with Crippen LogP contribution in [0.1, 0.15) is 10.4 Å². The van der Waals surface area contributed by atoms with Crippen LogP contribution >= 0.6 is 24.0 Å². The van der Waals surface area contributed by atoms with Gasteiger partial charge in [0.1, 0.15) is 0 Å². The zero-order chi connectivity index (χ0) is 8.27. The fourth-order valence-corrected chi connectivity index (χ4v) is 0.900. The smallest absolute Gasteiger partial charge is 0.177 e. The standard InChI is InChI=1S/C8H8ClNO.ClH/c9-5-8(11)6-1-3-7(10)4-2-6;/h1-4H,5,10H2;1H. The first-order valence-corrected chi connectivity index (χ1v) is 3.72. The molecule has 0 atom stereocenters. The second kappa shape index (κ2) is 5.01. The summed E-state index contributed by atoms with van der Waals surface area (Å²) in [4.78, 5) is 11.0. The predicted molar refractivity (Wildman–Crippen MR) is 53.2 cm³/mol. The third-order valence-corrected chi connectivity index (χ3v) is 1.60. The molecule has 1 aromatic carbocycles. The van der Waals surface area contributed by atoms with Crippen LogP contribution in [0.25, 0.3) is 0 Å². The molecule has 2 nitrogen and oxygen atoms in total. The number of alkyl halides is 1. The van der Waals surface area contributed by atoms with E-state index >= 15 is 0 Å². The van der Waals surface area contributed by atoms with Gasteiger partial charge in [0.2, 0.25) is 0 Å². The van der Waals surface area contributed by atoms with E-state index in [1.165, 1.54) is 0 Å². The molecule has 0 saturated carbocycles. The maximum atomic E-state index is 11.0. The van der Waals surface area contributed by atoms with Gasteiger partial charge in [-0.2, -0.15) is 0 Å². The molecule has 0 saturated heterocycles. The minimum absolute atomic E-state index is 0. The first-order chi connectivity index (χ1) is 5.24. The number of Topliss-reactive ketones (excluding diaryl/α,β-unsaturated/α-hetero) is 1. The van der Waals surface area contributed by atoms with Gasteiger partial charge in [0, 0.05) is 11.3 Å². The average Bonchev–Trinajstić information content (AvgIpc) is 2.05. The highest BCUT2D eigenvalue weighted by atomic mass is 35.5. The van der Waals surface area contributed by atoms with Crippen molar-refractivity contribution in [1.29, 1.82) is 0 Å². The molecule has 66 valence electrons. The van der Waals surface area contributed by atoms with Crippen molar-refractivity contribution >= 4 is 35.5 Å². The van der Waals surface area contributed by atoms with Gasteiger partial charge in [-0.05, 0) is 24.3 Å². The maximum absolute atomic E-state index is 11.0. The molecule has 1 rings (SSSR count). The monoisotopic (exact) mass is 205 g/mol. The lowest BCUT2D eigenvalue weighted by Gasteiger charge is -1.96. The molecule has 0 radical (unpaired) electrons. The number of nitrogens with two attached hydrogens (primary N) is 1. The molecular formula is C8H9Cl2NO. The van der Waals surface area contributed by atoms with E-state index in [4.69, 9.17) is 17.3 Å². The first kappa shape index (κ1) is 11.3. The lowest BCUT2D eigenvalue weighted by atomic mass is 10.1. The van der Waals surface area contributed by atoms with E-state index < -0.39 is 0 Å². The van der Waals surface area contributed by atoms with Crippen molar-refractivity contribution in [2.45, 2.75) is 0 Å². The topological polar surface area (TPSA) is 43.1 Å². The van der Waals surface area contributed by atoms with Gasteiger partial charge in [0.15, 0.2) is 5.78 Å². The van der Waals surface area contributed by atoms with Crippen molar-refractivity contribution in [3.63, 3.8) is 0 Å². The van der Waals surface area contributed by atoms with Crippen molar-refractivity contribution < 1.29 is 4.79 Å². The number of anilines is 1. The number of carbonyl (C=O) groups is 1. The third-order valence-electron chi connectivity index (χ3n) is 1.35. The largest absolute Gasteiger partial charge is 0.399 e. The van der Waals surface area contributed by atoms with Gasteiger partial charge in [-0.1, -0.05) is 0 Å². The lowest BCUT2D eigenvalue weighted by Crippen LogP contribution is -1.99. The van der Waals surface area contributed by atoms with Crippen LogP contribution in [0.5, 0.6) is 0 Å². The predicted octanol–water partition coefficient (Wildman–Crippen LogP) is 2.11. The summed E-state index contributed by atoms with van der Waals surface area (Å²) in [5, 5.41) is 0. The van der Waals surface area contributed by atoms with Gasteiger partial charge in [0.05, 0.1) is 5.88 Å². The highest BCUT2D eigenvalue weighted by molar-refractivity contribution is 6.30. The molecule has 1 aromatic rings. The van der Waals surface area contributed by atoms with Crippen LogP contribution in [0, 0.1) is 0 Å². The lowest BCUT2D eigenvalue weighted by molar-refractivity contribution is 0.102. The van der Waals surface area contributed by atoms with Crippen molar-refractivity contribution in [2.24, 2.45) is 0 Å². The first-order valence-electron chi connectivity index (χ1n) is 3.18. The van der Waals surface area contributed by atoms with E-state index in [1.54, 1.807) is 24.3 Å². The number of nitrogen functional groups attached to an aromatic ring is 1. The molecule has 0 unspecified atom stereocenters. The Bertz CT molecular complexity index is 258. The van der Waals surface area contributed by atoms with Crippen molar-refractivity contribution in [3.8, 4) is 0 Å². The molecule has 0 aromatic heterocycles. The Kier molecular flexibility index (Phi) is 4.71. The molecular weight excluding hydrogens is 197 g/mol. The van der Waals surface area contributed by atoms with E-state index in [-0.39, 0.29) is 24.1 Å². The Morgan fingerprint density at radius 2 is 1.83 bits per heavy atom. The van der Waals surface area contributed by atoms with E-state index in [2.05, 4.69) is 0 Å². The van der Waals surface area contributed by atoms with Crippen LogP contribution in [-0.2, 0) is 0 Å². The zero-order valence-corrected chi connectivity index (χ0v) is 7.86. The van der Waals surface area contributed by atoms with E-state index in [1.807, 2.05) is 0 Å². The van der Waals surface area contributed by atoms with Crippen LogP contribution in [0.3, 0.4) is 0 Å². The molecule has 0 fully saturated rings. The fraction of sp³-hybridized carbons (Fsp3) is 0.125. The maximum Gasteiger partial charge on any atom is 0.177 e. The summed E-state index contributed by atoms with van der Waals surface area (Å²) in [7, 11) is 0. The average molecular weight is 206 g/mol. The second-order valence-electron chi connectivity index (χ2n) is 2.18. The molecule has 0 aliphatic rings. The molecule has 12 heavy (non-hydrogen) atoms. The van der Waals surface area contributed by atoms with E-state index in [0.717, 1.165) is 0 Å². The minimum Gasteiger partial charge on any atom is -0.399 e. The molecule has 0 aliphatic heterocycles. The number of hydrogen-bond donors (Lipinski definition) is 1. The van der Waals surface area contributed by atoms with Crippen LogP contribution < -0.4 is 5.73 Å². The summed E-state index contributed by atoms with van der Waals surface area (Å²) < 4.78 is 0. The van der Waals surface area contributed by atoms with Crippen LogP contribution in [0.4, 0.5) is 5.69 Å². The number of hydrogen-bond acceptors (Lipinski definition) is 2. The Labute approximate surface area is 82.1 Å². The summed E-state index contributed by atoms with van der Waals surface area (Å²) in [5.41, 5.74) is 6.68. The zero-order valence-electron chi connectivity index (χ0n) is 6.29. The molecule has 0 heterocycles. The van der Waals surface area contributed by atoms with Gasteiger partial charge in [0.25, 0.3) is 0 Å². The summed E-state index contributed by atoms with van der Waals surface area (Å²) in [5.74, 6) is -0.0594. The van der Waals surface area contributed by atoms with Gasteiger partial charge < -0.3 is 5.73 Å². The third kappa shape index (κ3) is 2.72. The fourth-order valence-electron chi connectivity index (χ4n) is 0.746. The Morgan fingerprint density at radius 1 is 1.33 bits per heavy atom. The van der Waals surface area contributed by atoms with Gasteiger partial charge in [-0.15, -0.1) is 24.0 Å². The Hall–Kier alpha value is -0.730. The van der Waals surface area contributed by atoms with Gasteiger partial charge in [-0.3, -0.25) is 4.79 Å². The second-order valence-corrected chi connectivity index (χ2v) is 2.45.